The highest BCUT2D eigenvalue weighted by molar-refractivity contribution is 5.91. The van der Waals surface area contributed by atoms with Crippen LogP contribution in [0.15, 0.2) is 6.20 Å². The summed E-state index contributed by atoms with van der Waals surface area (Å²) in [6.07, 6.45) is 0.624. The van der Waals surface area contributed by atoms with Gasteiger partial charge in [0.05, 0.1) is 13.3 Å². The first kappa shape index (κ1) is 15.1. The highest BCUT2D eigenvalue weighted by atomic mass is 19.1. The van der Waals surface area contributed by atoms with Gasteiger partial charge in [-0.15, -0.1) is 0 Å². The zero-order chi connectivity index (χ0) is 15.6. The molecule has 0 aromatic carbocycles. The van der Waals surface area contributed by atoms with Gasteiger partial charge in [-0.1, -0.05) is 0 Å². The third-order valence-corrected chi connectivity index (χ3v) is 3.35. The molecule has 1 aromatic rings. The second-order valence-corrected chi connectivity index (χ2v) is 4.67. The van der Waals surface area contributed by atoms with Crippen molar-refractivity contribution >= 4 is 17.8 Å². The summed E-state index contributed by atoms with van der Waals surface area (Å²) in [7, 11) is 1.12. The largest absolute Gasteiger partial charge is 0.467 e. The Kier molecular flexibility index (Phi) is 4.01. The molecule has 1 aliphatic heterocycles. The van der Waals surface area contributed by atoms with Crippen molar-refractivity contribution in [2.24, 2.45) is 5.73 Å². The number of hydrogen-bond acceptors (Lipinski definition) is 6. The number of rotatable bonds is 3. The van der Waals surface area contributed by atoms with Gasteiger partial charge in [0.1, 0.15) is 0 Å². The van der Waals surface area contributed by atoms with Crippen LogP contribution in [0, 0.1) is 5.82 Å². The molecule has 1 aromatic heterocycles. The minimum absolute atomic E-state index is 0.0668. The summed E-state index contributed by atoms with van der Waals surface area (Å²) in [4.78, 5) is 31.4. The Balaban J connectivity index is 2.14. The van der Waals surface area contributed by atoms with Crippen LogP contribution in [0.4, 0.5) is 14.7 Å². The fraction of sp³-hybridized carbons (Fsp3) is 0.500. The SMILES string of the molecule is COC(=O)C1(F)CCN(c2ncc(F)c(C(N)=O)n2)CC1. The smallest absolute Gasteiger partial charge is 0.343 e. The maximum Gasteiger partial charge on any atom is 0.343 e. The molecule has 1 amide bonds. The molecule has 7 nitrogen and oxygen atoms in total. The van der Waals surface area contributed by atoms with Crippen LogP contribution in [0.3, 0.4) is 0 Å². The number of primary amides is 1. The first-order valence-electron chi connectivity index (χ1n) is 6.22. The quantitative estimate of drug-likeness (QED) is 0.800. The fourth-order valence-electron chi connectivity index (χ4n) is 2.13. The van der Waals surface area contributed by atoms with Crippen molar-refractivity contribution in [3.63, 3.8) is 0 Å². The van der Waals surface area contributed by atoms with Crippen molar-refractivity contribution in [1.82, 2.24) is 9.97 Å². The first-order chi connectivity index (χ1) is 9.87. The number of amides is 1. The van der Waals surface area contributed by atoms with Crippen LogP contribution in [-0.2, 0) is 9.53 Å². The molecule has 1 fully saturated rings. The molecule has 21 heavy (non-hydrogen) atoms. The van der Waals surface area contributed by atoms with E-state index in [9.17, 15) is 18.4 Å². The molecule has 0 saturated carbocycles. The van der Waals surface area contributed by atoms with E-state index >= 15 is 0 Å². The second kappa shape index (κ2) is 5.58. The van der Waals surface area contributed by atoms with Gasteiger partial charge in [0.25, 0.3) is 5.91 Å². The third-order valence-electron chi connectivity index (χ3n) is 3.35. The van der Waals surface area contributed by atoms with Crippen LogP contribution >= 0.6 is 0 Å². The standard InChI is InChI=1S/C12H14F2N4O3/c1-21-10(20)12(14)2-4-18(5-3-12)11-16-6-7(13)8(17-11)9(15)19/h6H,2-5H2,1H3,(H2,15,19). The number of carbonyl (C=O) groups excluding carboxylic acids is 2. The summed E-state index contributed by atoms with van der Waals surface area (Å²) in [5.74, 6) is -2.78. The van der Waals surface area contributed by atoms with Crippen LogP contribution in [0.1, 0.15) is 23.3 Å². The van der Waals surface area contributed by atoms with E-state index in [2.05, 4.69) is 14.7 Å². The molecule has 1 saturated heterocycles. The van der Waals surface area contributed by atoms with E-state index in [-0.39, 0.29) is 31.9 Å². The topological polar surface area (TPSA) is 98.4 Å². The minimum Gasteiger partial charge on any atom is -0.467 e. The van der Waals surface area contributed by atoms with Crippen LogP contribution in [0.2, 0.25) is 0 Å². The van der Waals surface area contributed by atoms with E-state index in [1.54, 1.807) is 4.90 Å². The van der Waals surface area contributed by atoms with Crippen LogP contribution in [0.25, 0.3) is 0 Å². The van der Waals surface area contributed by atoms with Crippen molar-refractivity contribution in [1.29, 1.82) is 0 Å². The van der Waals surface area contributed by atoms with E-state index in [1.165, 1.54) is 0 Å². The van der Waals surface area contributed by atoms with E-state index in [1.807, 2.05) is 0 Å². The molecule has 2 N–H and O–H groups in total. The number of alkyl halides is 1. The number of hydrogen-bond donors (Lipinski definition) is 1. The molecule has 0 bridgehead atoms. The van der Waals surface area contributed by atoms with Crippen molar-refractivity contribution in [2.45, 2.75) is 18.5 Å². The van der Waals surface area contributed by atoms with E-state index < -0.39 is 29.1 Å². The molecule has 0 unspecified atom stereocenters. The normalized spacial score (nSPS) is 17.4. The van der Waals surface area contributed by atoms with Gasteiger partial charge in [0.15, 0.2) is 11.5 Å². The average Bonchev–Trinajstić information content (AvgIpc) is 2.47. The number of anilines is 1. The van der Waals surface area contributed by atoms with Gasteiger partial charge in [-0.2, -0.15) is 0 Å². The highest BCUT2D eigenvalue weighted by Gasteiger charge is 2.43. The Morgan fingerprint density at radius 1 is 1.43 bits per heavy atom. The van der Waals surface area contributed by atoms with Gasteiger partial charge in [-0.3, -0.25) is 4.79 Å². The third kappa shape index (κ3) is 2.91. The molecule has 9 heteroatoms. The number of esters is 1. The Bertz CT molecular complexity index is 574. The van der Waals surface area contributed by atoms with Crippen molar-refractivity contribution in [3.05, 3.63) is 17.7 Å². The number of carbonyl (C=O) groups is 2. The Morgan fingerprint density at radius 2 is 2.05 bits per heavy atom. The number of ether oxygens (including phenoxy) is 1. The maximum absolute atomic E-state index is 14.3. The molecule has 114 valence electrons. The Morgan fingerprint density at radius 3 is 2.57 bits per heavy atom. The number of nitrogens with two attached hydrogens (primary N) is 1. The molecule has 0 spiro atoms. The molecule has 1 aliphatic rings. The lowest BCUT2D eigenvalue weighted by Crippen LogP contribution is -2.47. The van der Waals surface area contributed by atoms with Crippen molar-refractivity contribution in [3.8, 4) is 0 Å². The number of halogens is 2. The van der Waals surface area contributed by atoms with Gasteiger partial charge in [-0.05, 0) is 0 Å². The summed E-state index contributed by atoms with van der Waals surface area (Å²) < 4.78 is 32.0. The van der Waals surface area contributed by atoms with E-state index in [0.717, 1.165) is 13.3 Å². The molecule has 2 heterocycles. The zero-order valence-corrected chi connectivity index (χ0v) is 11.3. The molecule has 0 aliphatic carbocycles. The van der Waals surface area contributed by atoms with Crippen molar-refractivity contribution in [2.75, 3.05) is 25.1 Å². The summed E-state index contributed by atoms with van der Waals surface area (Å²) in [6.45, 7) is 0.269. The molecular formula is C12H14F2N4O3. The molecule has 0 atom stereocenters. The fourth-order valence-corrected chi connectivity index (χ4v) is 2.13. The number of methoxy groups -OCH3 is 1. The minimum atomic E-state index is -2.04. The van der Waals surface area contributed by atoms with Gasteiger partial charge >= 0.3 is 5.97 Å². The Labute approximate surface area is 119 Å². The predicted molar refractivity (Wildman–Crippen MR) is 67.8 cm³/mol. The number of aromatic nitrogens is 2. The van der Waals surface area contributed by atoms with E-state index in [0.29, 0.717) is 0 Å². The molecule has 2 rings (SSSR count). The summed E-state index contributed by atoms with van der Waals surface area (Å²) in [6, 6.07) is 0. The summed E-state index contributed by atoms with van der Waals surface area (Å²) >= 11 is 0. The lowest BCUT2D eigenvalue weighted by molar-refractivity contribution is -0.156. The molecular weight excluding hydrogens is 286 g/mol. The highest BCUT2D eigenvalue weighted by Crippen LogP contribution is 2.29. The van der Waals surface area contributed by atoms with Gasteiger partial charge < -0.3 is 15.4 Å². The van der Waals surface area contributed by atoms with Crippen molar-refractivity contribution < 1.29 is 23.1 Å². The predicted octanol–water partition coefficient (Wildman–Crippen LogP) is 0.196. The van der Waals surface area contributed by atoms with Crippen LogP contribution in [0.5, 0.6) is 0 Å². The molecule has 0 radical (unpaired) electrons. The van der Waals surface area contributed by atoms with Gasteiger partial charge in [0.2, 0.25) is 11.6 Å². The number of nitrogens with zero attached hydrogens (tertiary/aromatic N) is 3. The lowest BCUT2D eigenvalue weighted by Gasteiger charge is -2.34. The van der Waals surface area contributed by atoms with Gasteiger partial charge in [0, 0.05) is 25.9 Å². The van der Waals surface area contributed by atoms with Crippen LogP contribution in [-0.4, -0.2) is 47.7 Å². The average molecular weight is 300 g/mol. The maximum atomic E-state index is 14.3. The first-order valence-corrected chi connectivity index (χ1v) is 6.22. The summed E-state index contributed by atoms with van der Waals surface area (Å²) in [5, 5.41) is 0. The van der Waals surface area contributed by atoms with E-state index in [4.69, 9.17) is 5.73 Å². The number of piperidine rings is 1. The van der Waals surface area contributed by atoms with Crippen LogP contribution < -0.4 is 10.6 Å². The lowest BCUT2D eigenvalue weighted by atomic mass is 9.93. The monoisotopic (exact) mass is 300 g/mol. The Hall–Kier alpha value is -2.32. The summed E-state index contributed by atoms with van der Waals surface area (Å²) in [5.41, 5.74) is 2.44. The zero-order valence-electron chi connectivity index (χ0n) is 11.3. The second-order valence-electron chi connectivity index (χ2n) is 4.67. The van der Waals surface area contributed by atoms with Gasteiger partial charge in [-0.25, -0.2) is 23.5 Å².